The van der Waals surface area contributed by atoms with E-state index in [1.165, 1.54) is 10.6 Å². The molecule has 0 spiro atoms. The molecule has 24 heavy (non-hydrogen) atoms. The summed E-state index contributed by atoms with van der Waals surface area (Å²) in [6.07, 6.45) is 0.793. The van der Waals surface area contributed by atoms with Crippen molar-refractivity contribution >= 4 is 33.3 Å². The number of nitrogens with zero attached hydrogens (tertiary/aromatic N) is 1. The van der Waals surface area contributed by atoms with Gasteiger partial charge in [0.1, 0.15) is 0 Å². The fourth-order valence-corrected chi connectivity index (χ4v) is 3.50. The van der Waals surface area contributed by atoms with E-state index in [9.17, 15) is 13.2 Å². The van der Waals surface area contributed by atoms with E-state index in [0.717, 1.165) is 11.1 Å². The maximum absolute atomic E-state index is 12.1. The van der Waals surface area contributed by atoms with E-state index in [1.54, 1.807) is 6.07 Å². The predicted molar refractivity (Wildman–Crippen MR) is 94.1 cm³/mol. The summed E-state index contributed by atoms with van der Waals surface area (Å²) >= 11 is 6.07. The molecule has 1 unspecified atom stereocenters. The SMILES string of the molecule is Cc1ccc(Cl)c(C)c1NC(=O)NCC1CN(S(C)(=O)=O)CCO1. The third-order valence-corrected chi connectivity index (χ3v) is 5.59. The number of carbonyl (C=O) groups excluding carboxylic acids is 1. The van der Waals surface area contributed by atoms with Gasteiger partial charge in [-0.05, 0) is 31.0 Å². The van der Waals surface area contributed by atoms with Crippen LogP contribution in [-0.2, 0) is 14.8 Å². The van der Waals surface area contributed by atoms with Crippen LogP contribution in [0.25, 0.3) is 0 Å². The second kappa shape index (κ2) is 7.69. The number of hydrogen-bond acceptors (Lipinski definition) is 4. The average molecular weight is 376 g/mol. The summed E-state index contributed by atoms with van der Waals surface area (Å²) in [5, 5.41) is 6.06. The van der Waals surface area contributed by atoms with E-state index in [0.29, 0.717) is 23.9 Å². The summed E-state index contributed by atoms with van der Waals surface area (Å²) in [6.45, 7) is 4.81. The molecule has 1 aromatic carbocycles. The lowest BCUT2D eigenvalue weighted by Gasteiger charge is -2.31. The molecule has 1 saturated heterocycles. The molecule has 134 valence electrons. The maximum atomic E-state index is 12.1. The third kappa shape index (κ3) is 4.83. The second-order valence-corrected chi connectivity index (χ2v) is 8.20. The Labute approximate surface area is 147 Å². The van der Waals surface area contributed by atoms with Gasteiger partial charge in [-0.25, -0.2) is 13.2 Å². The zero-order chi connectivity index (χ0) is 17.9. The van der Waals surface area contributed by atoms with Crippen LogP contribution in [0.15, 0.2) is 12.1 Å². The number of rotatable bonds is 4. The molecule has 1 heterocycles. The molecule has 2 N–H and O–H groups in total. The molecule has 1 fully saturated rings. The van der Waals surface area contributed by atoms with Gasteiger partial charge in [-0.3, -0.25) is 0 Å². The number of aryl methyl sites for hydroxylation is 1. The molecule has 1 atom stereocenters. The molecule has 1 aromatic rings. The molecule has 9 heteroatoms. The number of morpholine rings is 1. The minimum Gasteiger partial charge on any atom is -0.374 e. The van der Waals surface area contributed by atoms with Crippen LogP contribution in [0.4, 0.5) is 10.5 Å². The average Bonchev–Trinajstić information content (AvgIpc) is 2.53. The number of hydrogen-bond donors (Lipinski definition) is 2. The molecule has 1 aliphatic heterocycles. The van der Waals surface area contributed by atoms with Crippen molar-refractivity contribution in [2.45, 2.75) is 20.0 Å². The van der Waals surface area contributed by atoms with Crippen molar-refractivity contribution in [3.8, 4) is 0 Å². The fourth-order valence-electron chi connectivity index (χ4n) is 2.50. The Morgan fingerprint density at radius 3 is 2.79 bits per heavy atom. The summed E-state index contributed by atoms with van der Waals surface area (Å²) in [5.74, 6) is 0. The monoisotopic (exact) mass is 375 g/mol. The van der Waals surface area contributed by atoms with Crippen LogP contribution < -0.4 is 10.6 Å². The normalized spacial score (nSPS) is 19.1. The predicted octanol–water partition coefficient (Wildman–Crippen LogP) is 1.74. The van der Waals surface area contributed by atoms with Gasteiger partial charge in [-0.2, -0.15) is 4.31 Å². The first-order chi connectivity index (χ1) is 11.2. The molecule has 2 rings (SSSR count). The van der Waals surface area contributed by atoms with Crippen LogP contribution in [0.3, 0.4) is 0 Å². The van der Waals surface area contributed by atoms with Gasteiger partial charge in [-0.1, -0.05) is 17.7 Å². The number of carbonyl (C=O) groups is 1. The molecular formula is C15H22ClN3O4S. The van der Waals surface area contributed by atoms with Gasteiger partial charge in [0.25, 0.3) is 0 Å². The highest BCUT2D eigenvalue weighted by molar-refractivity contribution is 7.88. The lowest BCUT2D eigenvalue weighted by molar-refractivity contribution is 0.00167. The molecule has 0 radical (unpaired) electrons. The van der Waals surface area contributed by atoms with E-state index in [1.807, 2.05) is 19.9 Å². The second-order valence-electron chi connectivity index (χ2n) is 5.81. The topological polar surface area (TPSA) is 87.7 Å². The molecule has 1 aliphatic rings. The van der Waals surface area contributed by atoms with E-state index in [-0.39, 0.29) is 25.2 Å². The molecule has 0 aromatic heterocycles. The van der Waals surface area contributed by atoms with Crippen LogP contribution in [-0.4, -0.2) is 57.4 Å². The number of anilines is 1. The molecule has 2 amide bonds. The van der Waals surface area contributed by atoms with Gasteiger partial charge in [0.15, 0.2) is 0 Å². The molecule has 0 bridgehead atoms. The van der Waals surface area contributed by atoms with Gasteiger partial charge in [0.05, 0.1) is 19.0 Å². The zero-order valence-corrected chi connectivity index (χ0v) is 15.5. The van der Waals surface area contributed by atoms with E-state index in [4.69, 9.17) is 16.3 Å². The van der Waals surface area contributed by atoms with Gasteiger partial charge >= 0.3 is 6.03 Å². The van der Waals surface area contributed by atoms with E-state index < -0.39 is 10.0 Å². The Morgan fingerprint density at radius 2 is 2.12 bits per heavy atom. The standard InChI is InChI=1S/C15H22ClN3O4S/c1-10-4-5-13(16)11(2)14(10)18-15(20)17-8-12-9-19(6-7-23-12)24(3,21)22/h4-5,12H,6-9H2,1-3H3,(H2,17,18,20). The van der Waals surface area contributed by atoms with Crippen molar-refractivity contribution in [2.75, 3.05) is 37.8 Å². The summed E-state index contributed by atoms with van der Waals surface area (Å²) in [5.41, 5.74) is 2.37. The molecule has 0 aliphatic carbocycles. The number of halogens is 1. The van der Waals surface area contributed by atoms with Crippen molar-refractivity contribution in [3.05, 3.63) is 28.3 Å². The Bertz CT molecular complexity index is 724. The molecule has 0 saturated carbocycles. The minimum atomic E-state index is -3.25. The Kier molecular flexibility index (Phi) is 6.08. The number of urea groups is 1. The quantitative estimate of drug-likeness (QED) is 0.839. The maximum Gasteiger partial charge on any atom is 0.319 e. The van der Waals surface area contributed by atoms with Crippen molar-refractivity contribution in [2.24, 2.45) is 0 Å². The van der Waals surface area contributed by atoms with Crippen molar-refractivity contribution < 1.29 is 17.9 Å². The summed E-state index contributed by atoms with van der Waals surface area (Å²) in [7, 11) is -3.25. The van der Waals surface area contributed by atoms with Crippen molar-refractivity contribution in [1.82, 2.24) is 9.62 Å². The largest absolute Gasteiger partial charge is 0.374 e. The van der Waals surface area contributed by atoms with Crippen molar-refractivity contribution in [1.29, 1.82) is 0 Å². The Morgan fingerprint density at radius 1 is 1.42 bits per heavy atom. The number of sulfonamides is 1. The lowest BCUT2D eigenvalue weighted by Crippen LogP contribution is -2.49. The molecular weight excluding hydrogens is 354 g/mol. The zero-order valence-electron chi connectivity index (χ0n) is 13.9. The highest BCUT2D eigenvalue weighted by Crippen LogP contribution is 2.26. The van der Waals surface area contributed by atoms with E-state index >= 15 is 0 Å². The van der Waals surface area contributed by atoms with Crippen LogP contribution in [0.2, 0.25) is 5.02 Å². The number of benzene rings is 1. The van der Waals surface area contributed by atoms with E-state index in [2.05, 4.69) is 10.6 Å². The minimum absolute atomic E-state index is 0.219. The summed E-state index contributed by atoms with van der Waals surface area (Å²) in [6, 6.07) is 3.23. The lowest BCUT2D eigenvalue weighted by atomic mass is 10.1. The van der Waals surface area contributed by atoms with Crippen LogP contribution >= 0.6 is 11.6 Å². The first-order valence-corrected chi connectivity index (χ1v) is 9.78. The summed E-state index contributed by atoms with van der Waals surface area (Å²) in [4.78, 5) is 12.1. The highest BCUT2D eigenvalue weighted by atomic mass is 35.5. The first-order valence-electron chi connectivity index (χ1n) is 7.55. The number of nitrogens with one attached hydrogen (secondary N) is 2. The fraction of sp³-hybridized carbons (Fsp3) is 0.533. The van der Waals surface area contributed by atoms with Gasteiger partial charge in [-0.15, -0.1) is 0 Å². The van der Waals surface area contributed by atoms with Crippen LogP contribution in [0.1, 0.15) is 11.1 Å². The van der Waals surface area contributed by atoms with Crippen LogP contribution in [0, 0.1) is 13.8 Å². The summed E-state index contributed by atoms with van der Waals surface area (Å²) < 4.78 is 30.0. The number of amides is 2. The molecule has 7 nitrogen and oxygen atoms in total. The number of ether oxygens (including phenoxy) is 1. The highest BCUT2D eigenvalue weighted by Gasteiger charge is 2.26. The van der Waals surface area contributed by atoms with Crippen molar-refractivity contribution in [3.63, 3.8) is 0 Å². The van der Waals surface area contributed by atoms with Crippen LogP contribution in [0.5, 0.6) is 0 Å². The Hall–Kier alpha value is -1.35. The Balaban J connectivity index is 1.91. The third-order valence-electron chi connectivity index (χ3n) is 3.91. The van der Waals surface area contributed by atoms with Gasteiger partial charge in [0, 0.05) is 30.3 Å². The van der Waals surface area contributed by atoms with Gasteiger partial charge < -0.3 is 15.4 Å². The van der Waals surface area contributed by atoms with Gasteiger partial charge in [0.2, 0.25) is 10.0 Å². The first kappa shape index (κ1) is 19.0. The smallest absolute Gasteiger partial charge is 0.319 e.